The summed E-state index contributed by atoms with van der Waals surface area (Å²) in [6.45, 7) is 4.33. The Morgan fingerprint density at radius 3 is 2.71 bits per heavy atom. The van der Waals surface area contributed by atoms with E-state index in [4.69, 9.17) is 9.47 Å². The van der Waals surface area contributed by atoms with E-state index in [2.05, 4.69) is 4.90 Å². The molecule has 28 heavy (non-hydrogen) atoms. The molecule has 0 bridgehead atoms. The van der Waals surface area contributed by atoms with Gasteiger partial charge in [0.2, 0.25) is 5.91 Å². The van der Waals surface area contributed by atoms with Crippen molar-refractivity contribution >= 4 is 5.91 Å². The van der Waals surface area contributed by atoms with Crippen molar-refractivity contribution in [1.29, 1.82) is 0 Å². The minimum atomic E-state index is -4.37. The van der Waals surface area contributed by atoms with E-state index in [1.54, 1.807) is 0 Å². The number of nitrogens with zero attached hydrogens (tertiary/aromatic N) is 2. The van der Waals surface area contributed by atoms with Gasteiger partial charge in [0.1, 0.15) is 5.75 Å². The molecule has 2 aliphatic heterocycles. The molecule has 3 rings (SSSR count). The summed E-state index contributed by atoms with van der Waals surface area (Å²) in [5.74, 6) is 0.385. The summed E-state index contributed by atoms with van der Waals surface area (Å²) in [6, 6.07) is 4.81. The van der Waals surface area contributed by atoms with Crippen LogP contribution in [0.3, 0.4) is 0 Å². The summed E-state index contributed by atoms with van der Waals surface area (Å²) in [5.41, 5.74) is -0.711. The molecule has 2 fully saturated rings. The van der Waals surface area contributed by atoms with Gasteiger partial charge >= 0.3 is 6.18 Å². The lowest BCUT2D eigenvalue weighted by Gasteiger charge is -2.38. The van der Waals surface area contributed by atoms with Crippen LogP contribution in [0.2, 0.25) is 0 Å². The number of likely N-dealkylation sites (tertiary alicyclic amines) is 1. The summed E-state index contributed by atoms with van der Waals surface area (Å²) in [7, 11) is 0. The standard InChI is InChI=1S/C20H27F3N2O3/c21-20(22,23)16-5-3-6-17(15-16)28-12-4-9-24-8-2-1-7-18(24)19(26)25-10-13-27-14-11-25/h3,5-6,15,18H,1-2,4,7-14H2. The highest BCUT2D eigenvalue weighted by atomic mass is 19.4. The number of alkyl halides is 3. The van der Waals surface area contributed by atoms with E-state index < -0.39 is 11.7 Å². The van der Waals surface area contributed by atoms with Crippen molar-refractivity contribution < 1.29 is 27.4 Å². The van der Waals surface area contributed by atoms with Crippen LogP contribution in [0.1, 0.15) is 31.2 Å². The number of morpholine rings is 1. The summed E-state index contributed by atoms with van der Waals surface area (Å²) in [6.07, 6.45) is -0.770. The van der Waals surface area contributed by atoms with Crippen LogP contribution in [0.15, 0.2) is 24.3 Å². The largest absolute Gasteiger partial charge is 0.494 e. The molecule has 0 aliphatic carbocycles. The predicted molar refractivity (Wildman–Crippen MR) is 98.2 cm³/mol. The fraction of sp³-hybridized carbons (Fsp3) is 0.650. The molecule has 1 atom stereocenters. The zero-order valence-corrected chi connectivity index (χ0v) is 15.9. The van der Waals surface area contributed by atoms with Gasteiger partial charge in [0.05, 0.1) is 31.4 Å². The summed E-state index contributed by atoms with van der Waals surface area (Å²) in [4.78, 5) is 16.9. The second kappa shape index (κ2) is 9.60. The van der Waals surface area contributed by atoms with Crippen LogP contribution in [0.5, 0.6) is 5.75 Å². The Morgan fingerprint density at radius 2 is 1.96 bits per heavy atom. The van der Waals surface area contributed by atoms with Gasteiger partial charge in [-0.1, -0.05) is 12.5 Å². The van der Waals surface area contributed by atoms with Crippen molar-refractivity contribution in [1.82, 2.24) is 9.80 Å². The minimum Gasteiger partial charge on any atom is -0.494 e. The molecule has 1 amide bonds. The molecule has 2 heterocycles. The van der Waals surface area contributed by atoms with Crippen LogP contribution >= 0.6 is 0 Å². The highest BCUT2D eigenvalue weighted by Crippen LogP contribution is 2.31. The number of amides is 1. The number of carbonyl (C=O) groups excluding carboxylic acids is 1. The van der Waals surface area contributed by atoms with E-state index in [0.29, 0.717) is 45.9 Å². The molecular weight excluding hydrogens is 373 g/mol. The second-order valence-corrected chi connectivity index (χ2v) is 7.21. The number of hydrogen-bond acceptors (Lipinski definition) is 4. The maximum absolute atomic E-state index is 12.8. The monoisotopic (exact) mass is 400 g/mol. The number of hydrogen-bond donors (Lipinski definition) is 0. The van der Waals surface area contributed by atoms with Crippen molar-refractivity contribution in [2.45, 2.75) is 37.9 Å². The molecule has 0 aromatic heterocycles. The lowest BCUT2D eigenvalue weighted by molar-refractivity contribution is -0.142. The lowest BCUT2D eigenvalue weighted by Crippen LogP contribution is -2.53. The van der Waals surface area contributed by atoms with Crippen molar-refractivity contribution in [2.24, 2.45) is 0 Å². The lowest BCUT2D eigenvalue weighted by atomic mass is 10.0. The number of halogens is 3. The van der Waals surface area contributed by atoms with Gasteiger partial charge in [-0.25, -0.2) is 0 Å². The number of rotatable bonds is 6. The third kappa shape index (κ3) is 5.61. The molecule has 156 valence electrons. The predicted octanol–water partition coefficient (Wildman–Crippen LogP) is 3.19. The van der Waals surface area contributed by atoms with Gasteiger partial charge in [0.25, 0.3) is 0 Å². The molecule has 8 heteroatoms. The van der Waals surface area contributed by atoms with E-state index in [-0.39, 0.29) is 17.7 Å². The van der Waals surface area contributed by atoms with E-state index in [1.165, 1.54) is 12.1 Å². The molecule has 2 saturated heterocycles. The molecule has 1 aromatic carbocycles. The molecule has 0 saturated carbocycles. The fourth-order valence-corrected chi connectivity index (χ4v) is 3.75. The van der Waals surface area contributed by atoms with Crippen LogP contribution < -0.4 is 4.74 Å². The van der Waals surface area contributed by atoms with Crippen LogP contribution in [-0.4, -0.2) is 67.7 Å². The van der Waals surface area contributed by atoms with E-state index >= 15 is 0 Å². The van der Waals surface area contributed by atoms with E-state index in [9.17, 15) is 18.0 Å². The highest BCUT2D eigenvalue weighted by Gasteiger charge is 2.32. The van der Waals surface area contributed by atoms with Gasteiger partial charge in [0, 0.05) is 19.6 Å². The summed E-state index contributed by atoms with van der Waals surface area (Å²) in [5, 5.41) is 0. The first-order valence-corrected chi connectivity index (χ1v) is 9.86. The number of piperidine rings is 1. The van der Waals surface area contributed by atoms with Gasteiger partial charge in [0.15, 0.2) is 0 Å². The average molecular weight is 400 g/mol. The van der Waals surface area contributed by atoms with Crippen LogP contribution in [0.4, 0.5) is 13.2 Å². The molecule has 0 N–H and O–H groups in total. The second-order valence-electron chi connectivity index (χ2n) is 7.21. The molecule has 1 unspecified atom stereocenters. The molecular formula is C20H27F3N2O3. The quantitative estimate of drug-likeness (QED) is 0.688. The van der Waals surface area contributed by atoms with Gasteiger partial charge in [-0.3, -0.25) is 9.69 Å². The fourth-order valence-electron chi connectivity index (χ4n) is 3.75. The number of ether oxygens (including phenoxy) is 2. The van der Waals surface area contributed by atoms with Crippen molar-refractivity contribution in [3.63, 3.8) is 0 Å². The molecule has 5 nitrogen and oxygen atoms in total. The third-order valence-electron chi connectivity index (χ3n) is 5.24. The van der Waals surface area contributed by atoms with Crippen LogP contribution in [0.25, 0.3) is 0 Å². The normalized spacial score (nSPS) is 21.5. The summed E-state index contributed by atoms with van der Waals surface area (Å²) < 4.78 is 49.1. The Labute approximate surface area is 163 Å². The molecule has 0 spiro atoms. The zero-order valence-electron chi connectivity index (χ0n) is 15.9. The SMILES string of the molecule is O=C(C1CCCCN1CCCOc1cccc(C(F)(F)F)c1)N1CCOCC1. The average Bonchev–Trinajstić information content (AvgIpc) is 2.71. The Hall–Kier alpha value is -1.80. The zero-order chi connectivity index (χ0) is 20.0. The molecule has 2 aliphatic rings. The van der Waals surface area contributed by atoms with Crippen LogP contribution in [-0.2, 0) is 15.7 Å². The number of benzene rings is 1. The van der Waals surface area contributed by atoms with Gasteiger partial charge in [-0.2, -0.15) is 13.2 Å². The van der Waals surface area contributed by atoms with E-state index in [1.807, 2.05) is 4.90 Å². The number of carbonyl (C=O) groups is 1. The highest BCUT2D eigenvalue weighted by molar-refractivity contribution is 5.82. The smallest absolute Gasteiger partial charge is 0.416 e. The first kappa shape index (κ1) is 20.9. The minimum absolute atomic E-state index is 0.111. The van der Waals surface area contributed by atoms with E-state index in [0.717, 1.165) is 37.9 Å². The van der Waals surface area contributed by atoms with Gasteiger partial charge < -0.3 is 14.4 Å². The maximum Gasteiger partial charge on any atom is 0.416 e. The maximum atomic E-state index is 12.8. The third-order valence-corrected chi connectivity index (χ3v) is 5.24. The first-order chi connectivity index (χ1) is 13.4. The first-order valence-electron chi connectivity index (χ1n) is 9.86. The van der Waals surface area contributed by atoms with Crippen molar-refractivity contribution in [3.8, 4) is 5.75 Å². The topological polar surface area (TPSA) is 42.0 Å². The van der Waals surface area contributed by atoms with Gasteiger partial charge in [-0.05, 0) is 44.0 Å². The molecule has 1 aromatic rings. The van der Waals surface area contributed by atoms with Crippen molar-refractivity contribution in [3.05, 3.63) is 29.8 Å². The summed E-state index contributed by atoms with van der Waals surface area (Å²) >= 11 is 0. The Kier molecular flexibility index (Phi) is 7.18. The van der Waals surface area contributed by atoms with Crippen molar-refractivity contribution in [2.75, 3.05) is 46.0 Å². The Balaban J connectivity index is 1.48. The Morgan fingerprint density at radius 1 is 1.18 bits per heavy atom. The molecule has 0 radical (unpaired) electrons. The Bertz CT molecular complexity index is 648. The van der Waals surface area contributed by atoms with Gasteiger partial charge in [-0.15, -0.1) is 0 Å². The van der Waals surface area contributed by atoms with Crippen LogP contribution in [0, 0.1) is 0 Å².